The maximum Gasteiger partial charge on any atom is 0.275 e. The van der Waals surface area contributed by atoms with Crippen LogP contribution in [0.5, 0.6) is 0 Å². The first kappa shape index (κ1) is 17.9. The summed E-state index contributed by atoms with van der Waals surface area (Å²) < 4.78 is 5.63. The van der Waals surface area contributed by atoms with Crippen molar-refractivity contribution in [1.82, 2.24) is 20.0 Å². The summed E-state index contributed by atoms with van der Waals surface area (Å²) in [5.74, 6) is 1.27. The van der Waals surface area contributed by atoms with Crippen molar-refractivity contribution < 1.29 is 9.21 Å². The van der Waals surface area contributed by atoms with Gasteiger partial charge in [-0.15, -0.1) is 0 Å². The van der Waals surface area contributed by atoms with Crippen LogP contribution >= 0.6 is 0 Å². The SMILES string of the molecule is Cc1ccc(CN(CCN(C)C)C(=O)c2n[nH]c(=O)c3ccccc23)o1. The quantitative estimate of drug-likeness (QED) is 0.732. The van der Waals surface area contributed by atoms with Gasteiger partial charge < -0.3 is 14.2 Å². The Morgan fingerprint density at radius 2 is 1.85 bits per heavy atom. The van der Waals surface area contributed by atoms with Crippen molar-refractivity contribution in [1.29, 1.82) is 0 Å². The smallest absolute Gasteiger partial charge is 0.275 e. The lowest BCUT2D eigenvalue weighted by Crippen LogP contribution is -2.37. The maximum absolute atomic E-state index is 13.2. The molecular formula is C19H22N4O3. The summed E-state index contributed by atoms with van der Waals surface area (Å²) in [4.78, 5) is 28.8. The normalized spacial score (nSPS) is 11.2. The fraction of sp³-hybridized carbons (Fsp3) is 0.316. The van der Waals surface area contributed by atoms with Crippen molar-refractivity contribution >= 4 is 16.7 Å². The molecule has 1 N–H and O–H groups in total. The second-order valence-electron chi connectivity index (χ2n) is 6.49. The fourth-order valence-electron chi connectivity index (χ4n) is 2.76. The average Bonchev–Trinajstić information content (AvgIpc) is 3.03. The van der Waals surface area contributed by atoms with Gasteiger partial charge >= 0.3 is 0 Å². The van der Waals surface area contributed by atoms with Crippen molar-refractivity contribution in [2.75, 3.05) is 27.2 Å². The molecule has 7 nitrogen and oxygen atoms in total. The minimum absolute atomic E-state index is 0.238. The Morgan fingerprint density at radius 3 is 2.50 bits per heavy atom. The Morgan fingerprint density at radius 1 is 1.12 bits per heavy atom. The first-order valence-corrected chi connectivity index (χ1v) is 8.42. The van der Waals surface area contributed by atoms with Gasteiger partial charge in [-0.3, -0.25) is 9.59 Å². The number of nitrogens with one attached hydrogen (secondary N) is 1. The van der Waals surface area contributed by atoms with Gasteiger partial charge in [-0.25, -0.2) is 5.10 Å². The number of fused-ring (bicyclic) bond motifs is 1. The molecule has 0 saturated carbocycles. The number of hydrogen-bond donors (Lipinski definition) is 1. The van der Waals surface area contributed by atoms with E-state index in [2.05, 4.69) is 10.2 Å². The number of aromatic amines is 1. The lowest BCUT2D eigenvalue weighted by Gasteiger charge is -2.23. The van der Waals surface area contributed by atoms with Crippen LogP contribution in [0.25, 0.3) is 10.8 Å². The molecule has 0 aliphatic carbocycles. The standard InChI is InChI=1S/C19H22N4O3/c1-13-8-9-14(26-13)12-23(11-10-22(2)3)19(25)17-15-6-4-5-7-16(15)18(24)21-20-17/h4-9H,10-12H2,1-3H3,(H,21,24). The van der Waals surface area contributed by atoms with E-state index in [0.717, 1.165) is 5.76 Å². The van der Waals surface area contributed by atoms with E-state index in [4.69, 9.17) is 4.42 Å². The summed E-state index contributed by atoms with van der Waals surface area (Å²) in [5, 5.41) is 7.45. The zero-order valence-electron chi connectivity index (χ0n) is 15.2. The molecule has 26 heavy (non-hydrogen) atoms. The highest BCUT2D eigenvalue weighted by atomic mass is 16.3. The molecule has 0 atom stereocenters. The number of amides is 1. The van der Waals surface area contributed by atoms with Crippen LogP contribution in [0.15, 0.2) is 45.6 Å². The Kier molecular flexibility index (Phi) is 5.18. The van der Waals surface area contributed by atoms with Crippen LogP contribution in [0.2, 0.25) is 0 Å². The number of rotatable bonds is 6. The highest BCUT2D eigenvalue weighted by molar-refractivity contribution is 6.04. The van der Waals surface area contributed by atoms with Crippen molar-refractivity contribution in [2.24, 2.45) is 0 Å². The van der Waals surface area contributed by atoms with Gasteiger partial charge in [0, 0.05) is 18.5 Å². The third kappa shape index (κ3) is 3.83. The van der Waals surface area contributed by atoms with Crippen molar-refractivity contribution in [3.8, 4) is 0 Å². The molecule has 0 radical (unpaired) electrons. The number of carbonyl (C=O) groups is 1. The van der Waals surface area contributed by atoms with E-state index in [1.807, 2.05) is 38.1 Å². The number of H-pyrrole nitrogens is 1. The predicted octanol–water partition coefficient (Wildman–Crippen LogP) is 2.03. The van der Waals surface area contributed by atoms with Crippen molar-refractivity contribution in [3.63, 3.8) is 0 Å². The largest absolute Gasteiger partial charge is 0.464 e. The Hall–Kier alpha value is -2.93. The number of benzene rings is 1. The van der Waals surface area contributed by atoms with Crippen molar-refractivity contribution in [3.05, 3.63) is 64.0 Å². The zero-order chi connectivity index (χ0) is 18.7. The highest BCUT2D eigenvalue weighted by Gasteiger charge is 2.22. The molecule has 7 heteroatoms. The molecule has 0 spiro atoms. The van der Waals surface area contributed by atoms with E-state index in [1.165, 1.54) is 0 Å². The van der Waals surface area contributed by atoms with E-state index >= 15 is 0 Å². The topological polar surface area (TPSA) is 82.4 Å². The number of nitrogens with zero attached hydrogens (tertiary/aromatic N) is 3. The lowest BCUT2D eigenvalue weighted by molar-refractivity contribution is 0.0714. The van der Waals surface area contributed by atoms with Crippen LogP contribution in [0.4, 0.5) is 0 Å². The molecule has 3 aromatic rings. The number of carbonyl (C=O) groups excluding carboxylic acids is 1. The van der Waals surface area contributed by atoms with Crippen molar-refractivity contribution in [2.45, 2.75) is 13.5 Å². The minimum Gasteiger partial charge on any atom is -0.464 e. The zero-order valence-corrected chi connectivity index (χ0v) is 15.2. The van der Waals surface area contributed by atoms with Crippen LogP contribution < -0.4 is 5.56 Å². The van der Waals surface area contributed by atoms with Crippen LogP contribution in [-0.2, 0) is 6.54 Å². The van der Waals surface area contributed by atoms with Gasteiger partial charge in [-0.05, 0) is 39.2 Å². The Balaban J connectivity index is 1.96. The molecule has 0 aliphatic rings. The van der Waals surface area contributed by atoms with E-state index in [9.17, 15) is 9.59 Å². The van der Waals surface area contributed by atoms with E-state index in [1.54, 1.807) is 29.2 Å². The number of likely N-dealkylation sites (N-methyl/N-ethyl adjacent to an activating group) is 1. The number of aromatic nitrogens is 2. The first-order chi connectivity index (χ1) is 12.5. The highest BCUT2D eigenvalue weighted by Crippen LogP contribution is 2.17. The predicted molar refractivity (Wildman–Crippen MR) is 99.1 cm³/mol. The van der Waals surface area contributed by atoms with Gasteiger partial charge in [0.15, 0.2) is 5.69 Å². The summed E-state index contributed by atoms with van der Waals surface area (Å²) in [6.07, 6.45) is 0. The summed E-state index contributed by atoms with van der Waals surface area (Å²) in [7, 11) is 3.90. The average molecular weight is 354 g/mol. The van der Waals surface area contributed by atoms with Gasteiger partial charge in [-0.2, -0.15) is 5.10 Å². The second-order valence-corrected chi connectivity index (χ2v) is 6.49. The molecule has 0 bridgehead atoms. The van der Waals surface area contributed by atoms with E-state index < -0.39 is 0 Å². The summed E-state index contributed by atoms with van der Waals surface area (Å²) in [5.41, 5.74) is -0.0686. The molecule has 0 fully saturated rings. The molecular weight excluding hydrogens is 332 g/mol. The molecule has 2 aromatic heterocycles. The lowest BCUT2D eigenvalue weighted by atomic mass is 10.1. The van der Waals surface area contributed by atoms with Crippen LogP contribution in [0.3, 0.4) is 0 Å². The van der Waals surface area contributed by atoms with Crippen LogP contribution in [0.1, 0.15) is 22.0 Å². The number of furan rings is 1. The van der Waals surface area contributed by atoms with Crippen LogP contribution in [-0.4, -0.2) is 53.1 Å². The molecule has 1 aromatic carbocycles. The molecule has 1 amide bonds. The third-order valence-electron chi connectivity index (χ3n) is 4.15. The second kappa shape index (κ2) is 7.53. The van der Waals surface area contributed by atoms with Gasteiger partial charge in [0.1, 0.15) is 11.5 Å². The van der Waals surface area contributed by atoms with Gasteiger partial charge in [0.25, 0.3) is 11.5 Å². The van der Waals surface area contributed by atoms with Crippen LogP contribution in [0, 0.1) is 6.92 Å². The molecule has 0 unspecified atom stereocenters. The fourth-order valence-corrected chi connectivity index (χ4v) is 2.76. The van der Waals surface area contributed by atoms with E-state index in [-0.39, 0.29) is 17.2 Å². The molecule has 2 heterocycles. The first-order valence-electron chi connectivity index (χ1n) is 8.42. The number of hydrogen-bond acceptors (Lipinski definition) is 5. The molecule has 0 aliphatic heterocycles. The maximum atomic E-state index is 13.2. The third-order valence-corrected chi connectivity index (χ3v) is 4.15. The Bertz CT molecular complexity index is 974. The van der Waals surface area contributed by atoms with Gasteiger partial charge in [0.05, 0.1) is 11.9 Å². The molecule has 3 rings (SSSR count). The molecule has 0 saturated heterocycles. The van der Waals surface area contributed by atoms with Gasteiger partial charge in [0.2, 0.25) is 0 Å². The minimum atomic E-state index is -0.307. The summed E-state index contributed by atoms with van der Waals surface area (Å²) >= 11 is 0. The monoisotopic (exact) mass is 354 g/mol. The Labute approximate surface area is 151 Å². The number of aryl methyl sites for hydroxylation is 1. The molecule has 136 valence electrons. The summed E-state index contributed by atoms with van der Waals surface area (Å²) in [6.45, 7) is 3.43. The van der Waals surface area contributed by atoms with Gasteiger partial charge in [-0.1, -0.05) is 18.2 Å². The van der Waals surface area contributed by atoms with E-state index in [0.29, 0.717) is 36.2 Å². The summed E-state index contributed by atoms with van der Waals surface area (Å²) in [6, 6.07) is 10.7.